The summed E-state index contributed by atoms with van der Waals surface area (Å²) in [5, 5.41) is 0. The molecular weight excluding hydrogens is 151 g/mol. The van der Waals surface area contributed by atoms with Gasteiger partial charge >= 0.3 is 0 Å². The molecule has 0 aliphatic heterocycles. The first kappa shape index (κ1) is 9.76. The van der Waals surface area contributed by atoms with E-state index in [2.05, 4.69) is 6.58 Å². The standard InChI is InChI=1S/C11H19F/c1-4-11(12)7-5-6-10(11)8-9(2)3/h10H,2,4-8H2,1,3H3. The summed E-state index contributed by atoms with van der Waals surface area (Å²) >= 11 is 0. The molecule has 0 heterocycles. The van der Waals surface area contributed by atoms with Crippen molar-refractivity contribution in [3.63, 3.8) is 0 Å². The van der Waals surface area contributed by atoms with Gasteiger partial charge in [-0.15, -0.1) is 6.58 Å². The topological polar surface area (TPSA) is 0 Å². The second-order valence-corrected chi connectivity index (χ2v) is 4.14. The highest BCUT2D eigenvalue weighted by Crippen LogP contribution is 2.44. The highest BCUT2D eigenvalue weighted by molar-refractivity contribution is 5.00. The molecule has 1 aliphatic carbocycles. The van der Waals surface area contributed by atoms with Gasteiger partial charge in [-0.1, -0.05) is 12.5 Å². The van der Waals surface area contributed by atoms with E-state index >= 15 is 0 Å². The van der Waals surface area contributed by atoms with Crippen LogP contribution >= 0.6 is 0 Å². The second kappa shape index (κ2) is 3.59. The lowest BCUT2D eigenvalue weighted by molar-refractivity contribution is 0.104. The summed E-state index contributed by atoms with van der Waals surface area (Å²) in [5.41, 5.74) is 0.247. The summed E-state index contributed by atoms with van der Waals surface area (Å²) in [6, 6.07) is 0. The third kappa shape index (κ3) is 1.88. The zero-order valence-electron chi connectivity index (χ0n) is 8.20. The Morgan fingerprint density at radius 2 is 2.33 bits per heavy atom. The summed E-state index contributed by atoms with van der Waals surface area (Å²) in [7, 11) is 0. The Labute approximate surface area is 74.9 Å². The Kier molecular flexibility index (Phi) is 2.92. The van der Waals surface area contributed by atoms with Gasteiger partial charge in [0, 0.05) is 0 Å². The molecule has 70 valence electrons. The maximum absolute atomic E-state index is 14.0. The molecule has 12 heavy (non-hydrogen) atoms. The van der Waals surface area contributed by atoms with Gasteiger partial charge in [-0.25, -0.2) is 4.39 Å². The predicted octanol–water partition coefficient (Wildman–Crippen LogP) is 3.87. The largest absolute Gasteiger partial charge is 0.244 e. The van der Waals surface area contributed by atoms with E-state index < -0.39 is 5.67 Å². The lowest BCUT2D eigenvalue weighted by atomic mass is 9.86. The van der Waals surface area contributed by atoms with Crippen LogP contribution in [0.15, 0.2) is 12.2 Å². The fourth-order valence-electron chi connectivity index (χ4n) is 2.28. The summed E-state index contributed by atoms with van der Waals surface area (Å²) in [4.78, 5) is 0. The molecule has 0 saturated heterocycles. The summed E-state index contributed by atoms with van der Waals surface area (Å²) < 4.78 is 14.0. The number of rotatable bonds is 3. The van der Waals surface area contributed by atoms with Crippen molar-refractivity contribution in [2.75, 3.05) is 0 Å². The minimum absolute atomic E-state index is 0.250. The number of halogens is 1. The molecule has 0 bridgehead atoms. The Bertz CT molecular complexity index is 174. The molecule has 0 N–H and O–H groups in total. The maximum atomic E-state index is 14.0. The molecule has 2 unspecified atom stereocenters. The van der Waals surface area contributed by atoms with Crippen LogP contribution in [0, 0.1) is 5.92 Å². The van der Waals surface area contributed by atoms with E-state index in [0.717, 1.165) is 31.3 Å². The highest BCUT2D eigenvalue weighted by Gasteiger charge is 2.41. The average Bonchev–Trinajstić information content (AvgIpc) is 2.33. The van der Waals surface area contributed by atoms with Crippen LogP contribution in [0.2, 0.25) is 0 Å². The molecule has 1 rings (SSSR count). The second-order valence-electron chi connectivity index (χ2n) is 4.14. The van der Waals surface area contributed by atoms with E-state index in [1.807, 2.05) is 13.8 Å². The van der Waals surface area contributed by atoms with Crippen molar-refractivity contribution in [2.45, 2.75) is 51.6 Å². The van der Waals surface area contributed by atoms with Crippen LogP contribution in [0.4, 0.5) is 4.39 Å². The lowest BCUT2D eigenvalue weighted by Gasteiger charge is -2.26. The van der Waals surface area contributed by atoms with Crippen molar-refractivity contribution in [1.82, 2.24) is 0 Å². The minimum atomic E-state index is -0.876. The molecule has 0 aromatic rings. The fourth-order valence-corrected chi connectivity index (χ4v) is 2.28. The molecular formula is C11H19F. The van der Waals surface area contributed by atoms with Crippen molar-refractivity contribution in [2.24, 2.45) is 5.92 Å². The van der Waals surface area contributed by atoms with E-state index in [4.69, 9.17) is 0 Å². The van der Waals surface area contributed by atoms with E-state index in [0.29, 0.717) is 6.42 Å². The quantitative estimate of drug-likeness (QED) is 0.564. The Hall–Kier alpha value is -0.330. The first-order valence-electron chi connectivity index (χ1n) is 4.92. The van der Waals surface area contributed by atoms with Crippen LogP contribution < -0.4 is 0 Å². The van der Waals surface area contributed by atoms with Gasteiger partial charge in [0.15, 0.2) is 0 Å². The highest BCUT2D eigenvalue weighted by atomic mass is 19.1. The Morgan fingerprint density at radius 1 is 1.67 bits per heavy atom. The molecule has 0 amide bonds. The molecule has 1 heteroatoms. The van der Waals surface area contributed by atoms with E-state index in [1.54, 1.807) is 0 Å². The molecule has 1 aliphatic rings. The van der Waals surface area contributed by atoms with Crippen LogP contribution in [0.5, 0.6) is 0 Å². The molecule has 0 aromatic carbocycles. The number of allylic oxidation sites excluding steroid dienone is 1. The summed E-state index contributed by atoms with van der Waals surface area (Å²) in [6.07, 6.45) is 4.43. The molecule has 0 aromatic heterocycles. The summed E-state index contributed by atoms with van der Waals surface area (Å²) in [5.74, 6) is 0.250. The van der Waals surface area contributed by atoms with E-state index in [9.17, 15) is 4.39 Å². The van der Waals surface area contributed by atoms with Gasteiger partial charge in [-0.2, -0.15) is 0 Å². The predicted molar refractivity (Wildman–Crippen MR) is 50.9 cm³/mol. The van der Waals surface area contributed by atoms with Gasteiger partial charge in [0.2, 0.25) is 0 Å². The smallest absolute Gasteiger partial charge is 0.113 e. The zero-order valence-corrected chi connectivity index (χ0v) is 8.20. The molecule has 0 spiro atoms. The van der Waals surface area contributed by atoms with E-state index in [1.165, 1.54) is 0 Å². The van der Waals surface area contributed by atoms with Crippen LogP contribution in [-0.2, 0) is 0 Å². The summed E-state index contributed by atoms with van der Waals surface area (Å²) in [6.45, 7) is 7.80. The third-order valence-corrected chi connectivity index (χ3v) is 3.06. The average molecular weight is 170 g/mol. The normalized spacial score (nSPS) is 35.4. The number of hydrogen-bond donors (Lipinski definition) is 0. The van der Waals surface area contributed by atoms with Crippen LogP contribution in [0.1, 0.15) is 46.0 Å². The van der Waals surface area contributed by atoms with Gasteiger partial charge in [-0.3, -0.25) is 0 Å². The van der Waals surface area contributed by atoms with Gasteiger partial charge in [0.05, 0.1) is 0 Å². The number of hydrogen-bond acceptors (Lipinski definition) is 0. The third-order valence-electron chi connectivity index (χ3n) is 3.06. The van der Waals surface area contributed by atoms with Crippen molar-refractivity contribution >= 4 is 0 Å². The van der Waals surface area contributed by atoms with Gasteiger partial charge in [0.25, 0.3) is 0 Å². The fraction of sp³-hybridized carbons (Fsp3) is 0.818. The van der Waals surface area contributed by atoms with Crippen LogP contribution in [0.3, 0.4) is 0 Å². The lowest BCUT2D eigenvalue weighted by Crippen LogP contribution is -2.26. The van der Waals surface area contributed by atoms with Crippen molar-refractivity contribution in [3.05, 3.63) is 12.2 Å². The first-order chi connectivity index (χ1) is 5.58. The Morgan fingerprint density at radius 3 is 2.83 bits per heavy atom. The van der Waals surface area contributed by atoms with Crippen molar-refractivity contribution in [3.8, 4) is 0 Å². The van der Waals surface area contributed by atoms with Crippen molar-refractivity contribution in [1.29, 1.82) is 0 Å². The first-order valence-corrected chi connectivity index (χ1v) is 4.92. The van der Waals surface area contributed by atoms with Gasteiger partial charge in [-0.05, 0) is 44.9 Å². The molecule has 2 atom stereocenters. The Balaban J connectivity index is 2.57. The van der Waals surface area contributed by atoms with Gasteiger partial charge in [0.1, 0.15) is 5.67 Å². The van der Waals surface area contributed by atoms with Crippen LogP contribution in [0.25, 0.3) is 0 Å². The molecule has 0 nitrogen and oxygen atoms in total. The van der Waals surface area contributed by atoms with Crippen molar-refractivity contribution < 1.29 is 4.39 Å². The minimum Gasteiger partial charge on any atom is -0.244 e. The maximum Gasteiger partial charge on any atom is 0.113 e. The van der Waals surface area contributed by atoms with Gasteiger partial charge < -0.3 is 0 Å². The van der Waals surface area contributed by atoms with E-state index in [-0.39, 0.29) is 5.92 Å². The monoisotopic (exact) mass is 170 g/mol. The molecule has 0 radical (unpaired) electrons. The molecule has 1 fully saturated rings. The number of alkyl halides is 1. The molecule has 1 saturated carbocycles. The SMILES string of the molecule is C=C(C)CC1CCCC1(F)CC. The van der Waals surface area contributed by atoms with Crippen LogP contribution in [-0.4, -0.2) is 5.67 Å². The zero-order chi connectivity index (χ0) is 9.19.